The zero-order valence-electron chi connectivity index (χ0n) is 18.0. The molecule has 7 nitrogen and oxygen atoms in total. The van der Waals surface area contributed by atoms with Crippen molar-refractivity contribution in [3.8, 4) is 0 Å². The Kier molecular flexibility index (Phi) is 7.14. The lowest BCUT2D eigenvalue weighted by Crippen LogP contribution is -2.43. The van der Waals surface area contributed by atoms with E-state index in [1.807, 2.05) is 50.9 Å². The molecule has 0 bridgehead atoms. The van der Waals surface area contributed by atoms with Gasteiger partial charge in [0.05, 0.1) is 18.4 Å². The molecule has 1 aliphatic rings. The Morgan fingerprint density at radius 3 is 2.55 bits per heavy atom. The van der Waals surface area contributed by atoms with Crippen LogP contribution in [0.15, 0.2) is 24.4 Å². The number of carbonyl (C=O) groups excluding carboxylic acids is 1. The second-order valence-electron chi connectivity index (χ2n) is 7.71. The van der Waals surface area contributed by atoms with Gasteiger partial charge in [-0.3, -0.25) is 14.7 Å². The molecular formula is C22H32N6O. The average molecular weight is 397 g/mol. The number of amides is 1. The highest BCUT2D eigenvalue weighted by Gasteiger charge is 2.24. The van der Waals surface area contributed by atoms with Crippen molar-refractivity contribution < 1.29 is 4.79 Å². The normalized spacial score (nSPS) is 17.2. The molecule has 0 aliphatic carbocycles. The summed E-state index contributed by atoms with van der Waals surface area (Å²) in [6.07, 6.45) is 4.04. The van der Waals surface area contributed by atoms with Gasteiger partial charge >= 0.3 is 0 Å². The monoisotopic (exact) mass is 396 g/mol. The van der Waals surface area contributed by atoms with E-state index < -0.39 is 0 Å². The summed E-state index contributed by atoms with van der Waals surface area (Å²) in [6.45, 7) is 11.9. The molecule has 0 aromatic carbocycles. The molecule has 2 aromatic rings. The molecule has 2 aromatic heterocycles. The van der Waals surface area contributed by atoms with E-state index in [-0.39, 0.29) is 5.91 Å². The standard InChI is InChI=1S/C22H32N6O/c1-5-28(6-2)21(29)15-27-11-7-8-18(14-27)20-10-9-19(13-23-20)26-22-24-16(3)12-17(4)25-22/h9-10,12-13,18H,5-8,11,14-15H2,1-4H3,(H,24,25,26)/t18-/m1/s1. The first kappa shape index (κ1) is 21.2. The van der Waals surface area contributed by atoms with Crippen LogP contribution in [0.5, 0.6) is 0 Å². The van der Waals surface area contributed by atoms with Gasteiger partial charge in [-0.25, -0.2) is 9.97 Å². The van der Waals surface area contributed by atoms with Crippen molar-refractivity contribution in [3.63, 3.8) is 0 Å². The fourth-order valence-corrected chi connectivity index (χ4v) is 3.94. The molecule has 156 valence electrons. The van der Waals surface area contributed by atoms with Gasteiger partial charge in [0.2, 0.25) is 11.9 Å². The number of aryl methyl sites for hydroxylation is 2. The Bertz CT molecular complexity index is 798. The fourth-order valence-electron chi connectivity index (χ4n) is 3.94. The number of likely N-dealkylation sites (N-methyl/N-ethyl adjacent to an activating group) is 1. The van der Waals surface area contributed by atoms with Gasteiger partial charge in [-0.15, -0.1) is 0 Å². The largest absolute Gasteiger partial charge is 0.342 e. The summed E-state index contributed by atoms with van der Waals surface area (Å²) >= 11 is 0. The molecule has 0 spiro atoms. The summed E-state index contributed by atoms with van der Waals surface area (Å²) in [5.74, 6) is 1.17. The highest BCUT2D eigenvalue weighted by atomic mass is 16.2. The molecule has 0 unspecified atom stereocenters. The maximum absolute atomic E-state index is 12.4. The fraction of sp³-hybridized carbons (Fsp3) is 0.545. The zero-order valence-corrected chi connectivity index (χ0v) is 18.0. The van der Waals surface area contributed by atoms with Crippen LogP contribution in [-0.2, 0) is 4.79 Å². The highest BCUT2D eigenvalue weighted by molar-refractivity contribution is 5.78. The summed E-state index contributed by atoms with van der Waals surface area (Å²) in [5.41, 5.74) is 3.83. The number of rotatable bonds is 7. The SMILES string of the molecule is CCN(CC)C(=O)CN1CCC[C@@H](c2ccc(Nc3nc(C)cc(C)n3)cn2)C1. The van der Waals surface area contributed by atoms with E-state index in [0.717, 1.165) is 61.8 Å². The third kappa shape index (κ3) is 5.73. The van der Waals surface area contributed by atoms with Gasteiger partial charge in [0, 0.05) is 42.6 Å². The van der Waals surface area contributed by atoms with Gasteiger partial charge in [-0.05, 0) is 65.3 Å². The number of pyridine rings is 1. The van der Waals surface area contributed by atoms with Gasteiger partial charge in [-0.2, -0.15) is 0 Å². The number of carbonyl (C=O) groups is 1. The lowest BCUT2D eigenvalue weighted by atomic mass is 9.94. The predicted octanol–water partition coefficient (Wildman–Crippen LogP) is 3.28. The zero-order chi connectivity index (χ0) is 20.8. The van der Waals surface area contributed by atoms with Crippen LogP contribution in [0.3, 0.4) is 0 Å². The quantitative estimate of drug-likeness (QED) is 0.774. The summed E-state index contributed by atoms with van der Waals surface area (Å²) in [7, 11) is 0. The molecule has 7 heteroatoms. The third-order valence-corrected chi connectivity index (χ3v) is 5.42. The Balaban J connectivity index is 1.61. The molecule has 3 rings (SSSR count). The molecule has 1 aliphatic heterocycles. The van der Waals surface area contributed by atoms with E-state index in [0.29, 0.717) is 18.4 Å². The smallest absolute Gasteiger partial charge is 0.236 e. The van der Waals surface area contributed by atoms with Crippen molar-refractivity contribution in [1.82, 2.24) is 24.8 Å². The number of hydrogen-bond donors (Lipinski definition) is 1. The molecule has 1 saturated heterocycles. The number of anilines is 2. The molecule has 3 heterocycles. The topological polar surface area (TPSA) is 74.2 Å². The van der Waals surface area contributed by atoms with Crippen molar-refractivity contribution in [3.05, 3.63) is 41.5 Å². The molecule has 1 amide bonds. The summed E-state index contributed by atoms with van der Waals surface area (Å²) in [5, 5.41) is 3.23. The van der Waals surface area contributed by atoms with Crippen molar-refractivity contribution in [2.24, 2.45) is 0 Å². The highest BCUT2D eigenvalue weighted by Crippen LogP contribution is 2.26. The van der Waals surface area contributed by atoms with Crippen molar-refractivity contribution in [2.45, 2.75) is 46.5 Å². The van der Waals surface area contributed by atoms with Crippen LogP contribution >= 0.6 is 0 Å². The van der Waals surface area contributed by atoms with Gasteiger partial charge in [0.25, 0.3) is 0 Å². The number of nitrogens with zero attached hydrogens (tertiary/aromatic N) is 5. The van der Waals surface area contributed by atoms with Crippen molar-refractivity contribution >= 4 is 17.5 Å². The Morgan fingerprint density at radius 1 is 1.21 bits per heavy atom. The van der Waals surface area contributed by atoms with Crippen LogP contribution < -0.4 is 5.32 Å². The van der Waals surface area contributed by atoms with E-state index in [2.05, 4.69) is 31.2 Å². The first-order valence-corrected chi connectivity index (χ1v) is 10.5. The molecular weight excluding hydrogens is 364 g/mol. The maximum atomic E-state index is 12.4. The van der Waals surface area contributed by atoms with Gasteiger partial charge in [0.15, 0.2) is 0 Å². The number of piperidine rings is 1. The first-order valence-electron chi connectivity index (χ1n) is 10.5. The Hall–Kier alpha value is -2.54. The Morgan fingerprint density at radius 2 is 1.93 bits per heavy atom. The number of likely N-dealkylation sites (tertiary alicyclic amines) is 1. The van der Waals surface area contributed by atoms with Crippen LogP contribution in [-0.4, -0.2) is 63.4 Å². The van der Waals surface area contributed by atoms with E-state index in [4.69, 9.17) is 0 Å². The van der Waals surface area contributed by atoms with E-state index in [1.54, 1.807) is 0 Å². The molecule has 1 fully saturated rings. The average Bonchev–Trinajstić information content (AvgIpc) is 2.69. The molecule has 1 atom stereocenters. The van der Waals surface area contributed by atoms with Gasteiger partial charge < -0.3 is 10.2 Å². The molecule has 1 N–H and O–H groups in total. The van der Waals surface area contributed by atoms with Crippen LogP contribution in [0.25, 0.3) is 0 Å². The second-order valence-corrected chi connectivity index (χ2v) is 7.71. The molecule has 0 saturated carbocycles. The second kappa shape index (κ2) is 9.78. The first-order chi connectivity index (χ1) is 14.0. The van der Waals surface area contributed by atoms with Gasteiger partial charge in [-0.1, -0.05) is 0 Å². The number of aromatic nitrogens is 3. The predicted molar refractivity (Wildman–Crippen MR) is 115 cm³/mol. The van der Waals surface area contributed by atoms with Crippen molar-refractivity contribution in [2.75, 3.05) is 38.0 Å². The minimum absolute atomic E-state index is 0.219. The van der Waals surface area contributed by atoms with Crippen molar-refractivity contribution in [1.29, 1.82) is 0 Å². The summed E-state index contributed by atoms with van der Waals surface area (Å²) in [6, 6.07) is 6.06. The lowest BCUT2D eigenvalue weighted by molar-refractivity contribution is -0.132. The third-order valence-electron chi connectivity index (χ3n) is 5.42. The summed E-state index contributed by atoms with van der Waals surface area (Å²) < 4.78 is 0. The van der Waals surface area contributed by atoms with E-state index in [1.165, 1.54) is 0 Å². The summed E-state index contributed by atoms with van der Waals surface area (Å²) in [4.78, 5) is 30.1. The minimum atomic E-state index is 0.219. The van der Waals surface area contributed by atoms with Gasteiger partial charge in [0.1, 0.15) is 0 Å². The van der Waals surface area contributed by atoms with E-state index in [9.17, 15) is 4.79 Å². The molecule has 0 radical (unpaired) electrons. The Labute approximate surface area is 173 Å². The maximum Gasteiger partial charge on any atom is 0.236 e. The van der Waals surface area contributed by atoms with Crippen LogP contribution in [0, 0.1) is 13.8 Å². The number of nitrogens with one attached hydrogen (secondary N) is 1. The number of hydrogen-bond acceptors (Lipinski definition) is 6. The minimum Gasteiger partial charge on any atom is -0.342 e. The lowest BCUT2D eigenvalue weighted by Gasteiger charge is -2.33. The van der Waals surface area contributed by atoms with Crippen LogP contribution in [0.4, 0.5) is 11.6 Å². The molecule has 29 heavy (non-hydrogen) atoms. The van der Waals surface area contributed by atoms with Crippen LogP contribution in [0.1, 0.15) is 49.7 Å². The van der Waals surface area contributed by atoms with E-state index >= 15 is 0 Å². The van der Waals surface area contributed by atoms with Crippen LogP contribution in [0.2, 0.25) is 0 Å².